The first kappa shape index (κ1) is 15.4. The lowest BCUT2D eigenvalue weighted by Crippen LogP contribution is -2.40. The van der Waals surface area contributed by atoms with Crippen LogP contribution in [0.25, 0.3) is 0 Å². The molecule has 0 aliphatic carbocycles. The van der Waals surface area contributed by atoms with Gasteiger partial charge in [0.05, 0.1) is 5.92 Å². The summed E-state index contributed by atoms with van der Waals surface area (Å²) in [7, 11) is -1.80. The second-order valence-corrected chi connectivity index (χ2v) is 10.7. The first-order valence-electron chi connectivity index (χ1n) is 6.91. The van der Waals surface area contributed by atoms with Gasteiger partial charge in [0.2, 0.25) is 8.32 Å². The Morgan fingerprint density at radius 1 is 1.39 bits per heavy atom. The molecule has 0 radical (unpaired) electrons. The van der Waals surface area contributed by atoms with E-state index >= 15 is 0 Å². The van der Waals surface area contributed by atoms with Crippen molar-refractivity contribution in [2.24, 2.45) is 11.8 Å². The summed E-state index contributed by atoms with van der Waals surface area (Å²) in [5.41, 5.74) is 0. The maximum atomic E-state index is 12.3. The van der Waals surface area contributed by atoms with Crippen LogP contribution in [0.2, 0.25) is 19.6 Å². The minimum atomic E-state index is -1.80. The van der Waals surface area contributed by atoms with Crippen molar-refractivity contribution >= 4 is 14.3 Å². The molecule has 0 aromatic carbocycles. The zero-order valence-corrected chi connectivity index (χ0v) is 13.2. The quantitative estimate of drug-likeness (QED) is 0.548. The molecule has 0 aromatic rings. The van der Waals surface area contributed by atoms with Gasteiger partial charge in [-0.3, -0.25) is 4.79 Å². The second kappa shape index (κ2) is 6.52. The van der Waals surface area contributed by atoms with E-state index in [1.165, 1.54) is 12.8 Å². The third-order valence-electron chi connectivity index (χ3n) is 3.37. The van der Waals surface area contributed by atoms with Gasteiger partial charge in [0.25, 0.3) is 5.97 Å². The maximum Gasteiger partial charge on any atom is 0.297 e. The largest absolute Gasteiger partial charge is 0.520 e. The predicted octanol–water partition coefficient (Wildman–Crippen LogP) is 2.90. The van der Waals surface area contributed by atoms with Crippen molar-refractivity contribution in [1.29, 1.82) is 0 Å². The van der Waals surface area contributed by atoms with Gasteiger partial charge in [-0.1, -0.05) is 13.0 Å². The van der Waals surface area contributed by atoms with Crippen molar-refractivity contribution in [3.8, 4) is 0 Å². The van der Waals surface area contributed by atoms with Crippen molar-refractivity contribution in [2.75, 3.05) is 19.6 Å². The molecule has 18 heavy (non-hydrogen) atoms. The van der Waals surface area contributed by atoms with Crippen molar-refractivity contribution in [3.05, 3.63) is 12.7 Å². The van der Waals surface area contributed by atoms with Gasteiger partial charge >= 0.3 is 0 Å². The number of carbonyl (C=O) groups excluding carboxylic acids is 1. The standard InChI is InChI=1S/C14H27NO2Si/c1-6-12(2)13(11-15-9-7-8-10-15)14(16)17-18(3,4)5/h6,12-13H,1,7-11H2,2-5H3. The predicted molar refractivity (Wildman–Crippen MR) is 78.0 cm³/mol. The first-order valence-corrected chi connectivity index (χ1v) is 10.3. The van der Waals surface area contributed by atoms with E-state index in [-0.39, 0.29) is 17.8 Å². The zero-order valence-electron chi connectivity index (χ0n) is 12.2. The van der Waals surface area contributed by atoms with E-state index in [4.69, 9.17) is 4.43 Å². The summed E-state index contributed by atoms with van der Waals surface area (Å²) in [5.74, 6) is 0.0789. The maximum absolute atomic E-state index is 12.3. The van der Waals surface area contributed by atoms with E-state index in [9.17, 15) is 4.79 Å². The second-order valence-electron chi connectivity index (χ2n) is 6.24. The Morgan fingerprint density at radius 2 is 1.94 bits per heavy atom. The van der Waals surface area contributed by atoms with Crippen LogP contribution in [0.1, 0.15) is 19.8 Å². The summed E-state index contributed by atoms with van der Waals surface area (Å²) in [6.45, 7) is 15.1. The van der Waals surface area contributed by atoms with Gasteiger partial charge < -0.3 is 9.33 Å². The van der Waals surface area contributed by atoms with Crippen LogP contribution in [-0.2, 0) is 9.22 Å². The van der Waals surface area contributed by atoms with Crippen molar-refractivity contribution < 1.29 is 9.22 Å². The average Bonchev–Trinajstić information content (AvgIpc) is 2.75. The lowest BCUT2D eigenvalue weighted by atomic mass is 9.94. The van der Waals surface area contributed by atoms with Gasteiger partial charge in [-0.05, 0) is 51.5 Å². The minimum Gasteiger partial charge on any atom is -0.520 e. The van der Waals surface area contributed by atoms with Crippen LogP contribution in [0.4, 0.5) is 0 Å². The summed E-state index contributed by atoms with van der Waals surface area (Å²) in [6, 6.07) is 0. The third-order valence-corrected chi connectivity index (χ3v) is 4.18. The molecule has 0 saturated carbocycles. The highest BCUT2D eigenvalue weighted by atomic mass is 28.4. The molecule has 1 rings (SSSR count). The number of allylic oxidation sites excluding steroid dienone is 1. The number of hydrogen-bond acceptors (Lipinski definition) is 3. The molecule has 1 aliphatic rings. The van der Waals surface area contributed by atoms with Crippen LogP contribution < -0.4 is 0 Å². The van der Waals surface area contributed by atoms with Crippen LogP contribution >= 0.6 is 0 Å². The van der Waals surface area contributed by atoms with E-state index in [2.05, 4.69) is 38.0 Å². The smallest absolute Gasteiger partial charge is 0.297 e. The average molecular weight is 269 g/mol. The van der Waals surface area contributed by atoms with Crippen LogP contribution in [-0.4, -0.2) is 38.8 Å². The van der Waals surface area contributed by atoms with Gasteiger partial charge in [0.15, 0.2) is 0 Å². The van der Waals surface area contributed by atoms with E-state index in [0.717, 1.165) is 19.6 Å². The summed E-state index contributed by atoms with van der Waals surface area (Å²) in [4.78, 5) is 14.7. The zero-order chi connectivity index (χ0) is 13.8. The Bertz CT molecular complexity index is 293. The Balaban J connectivity index is 2.64. The number of likely N-dealkylation sites (tertiary alicyclic amines) is 1. The molecule has 0 N–H and O–H groups in total. The molecular weight excluding hydrogens is 242 g/mol. The molecule has 1 heterocycles. The molecule has 1 saturated heterocycles. The fourth-order valence-corrected chi connectivity index (χ4v) is 3.00. The molecule has 0 aromatic heterocycles. The molecule has 0 amide bonds. The van der Waals surface area contributed by atoms with Crippen molar-refractivity contribution in [1.82, 2.24) is 4.90 Å². The molecule has 2 unspecified atom stereocenters. The monoisotopic (exact) mass is 269 g/mol. The Kier molecular flexibility index (Phi) is 5.60. The van der Waals surface area contributed by atoms with E-state index in [0.29, 0.717) is 0 Å². The third kappa shape index (κ3) is 4.94. The van der Waals surface area contributed by atoms with Gasteiger partial charge in [-0.25, -0.2) is 0 Å². The van der Waals surface area contributed by atoms with Crippen LogP contribution in [0.15, 0.2) is 12.7 Å². The van der Waals surface area contributed by atoms with Crippen LogP contribution in [0.5, 0.6) is 0 Å². The summed E-state index contributed by atoms with van der Waals surface area (Å²) in [5, 5.41) is 0. The first-order chi connectivity index (χ1) is 8.33. The Labute approximate surface area is 112 Å². The molecule has 3 nitrogen and oxygen atoms in total. The van der Waals surface area contributed by atoms with Crippen LogP contribution in [0.3, 0.4) is 0 Å². The molecule has 104 valence electrons. The fourth-order valence-electron chi connectivity index (χ4n) is 2.24. The molecule has 1 aliphatic heterocycles. The number of rotatable bonds is 6. The van der Waals surface area contributed by atoms with Gasteiger partial charge in [-0.15, -0.1) is 6.58 Å². The van der Waals surface area contributed by atoms with Gasteiger partial charge in [0.1, 0.15) is 0 Å². The summed E-state index contributed by atoms with van der Waals surface area (Å²) in [6.07, 6.45) is 4.36. The number of hydrogen-bond donors (Lipinski definition) is 0. The molecule has 4 heteroatoms. The molecule has 2 atom stereocenters. The van der Waals surface area contributed by atoms with E-state index in [1.54, 1.807) is 0 Å². The van der Waals surface area contributed by atoms with Crippen molar-refractivity contribution in [3.63, 3.8) is 0 Å². The van der Waals surface area contributed by atoms with Gasteiger partial charge in [-0.2, -0.15) is 0 Å². The highest BCUT2D eigenvalue weighted by Crippen LogP contribution is 2.21. The van der Waals surface area contributed by atoms with Crippen molar-refractivity contribution in [2.45, 2.75) is 39.4 Å². The minimum absolute atomic E-state index is 0.0338. The molecule has 0 spiro atoms. The van der Waals surface area contributed by atoms with Crippen LogP contribution in [0, 0.1) is 11.8 Å². The number of carbonyl (C=O) groups is 1. The number of nitrogens with zero attached hydrogens (tertiary/aromatic N) is 1. The lowest BCUT2D eigenvalue weighted by molar-refractivity contribution is -0.141. The topological polar surface area (TPSA) is 29.5 Å². The van der Waals surface area contributed by atoms with E-state index in [1.807, 2.05) is 6.08 Å². The Morgan fingerprint density at radius 3 is 2.39 bits per heavy atom. The highest BCUT2D eigenvalue weighted by molar-refractivity contribution is 6.71. The lowest BCUT2D eigenvalue weighted by Gasteiger charge is -2.28. The molecule has 1 fully saturated rings. The molecular formula is C14H27NO2Si. The normalized spacial score (nSPS) is 20.4. The van der Waals surface area contributed by atoms with Gasteiger partial charge in [0, 0.05) is 6.54 Å². The molecule has 0 bridgehead atoms. The highest BCUT2D eigenvalue weighted by Gasteiger charge is 2.31. The summed E-state index contributed by atoms with van der Waals surface area (Å²) < 4.78 is 5.66. The Hall–Kier alpha value is -0.613. The SMILES string of the molecule is C=CC(C)C(CN1CCCC1)C(=O)O[Si](C)(C)C. The van der Waals surface area contributed by atoms with E-state index < -0.39 is 8.32 Å². The fraction of sp³-hybridized carbons (Fsp3) is 0.786. The summed E-state index contributed by atoms with van der Waals surface area (Å²) >= 11 is 0.